The number of piperazine rings is 1. The van der Waals surface area contributed by atoms with Gasteiger partial charge in [-0.05, 0) is 30.2 Å². The third-order valence-corrected chi connectivity index (χ3v) is 5.31. The lowest BCUT2D eigenvalue weighted by Crippen LogP contribution is -2.48. The maximum atomic E-state index is 12.8. The van der Waals surface area contributed by atoms with Gasteiger partial charge in [0, 0.05) is 51.0 Å². The van der Waals surface area contributed by atoms with E-state index in [2.05, 4.69) is 20.5 Å². The summed E-state index contributed by atoms with van der Waals surface area (Å²) in [4.78, 5) is 33.1. The van der Waals surface area contributed by atoms with Crippen LogP contribution >= 0.6 is 0 Å². The first kappa shape index (κ1) is 18.6. The van der Waals surface area contributed by atoms with Gasteiger partial charge in [-0.1, -0.05) is 18.2 Å². The van der Waals surface area contributed by atoms with E-state index in [0.29, 0.717) is 25.2 Å². The van der Waals surface area contributed by atoms with Gasteiger partial charge in [-0.2, -0.15) is 0 Å². The number of nitrogens with zero attached hydrogens (tertiary/aromatic N) is 3. The van der Waals surface area contributed by atoms with Gasteiger partial charge in [-0.3, -0.25) is 19.5 Å². The molecule has 28 heavy (non-hydrogen) atoms. The van der Waals surface area contributed by atoms with Crippen LogP contribution in [0.3, 0.4) is 0 Å². The van der Waals surface area contributed by atoms with Crippen molar-refractivity contribution in [3.05, 3.63) is 54.4 Å². The summed E-state index contributed by atoms with van der Waals surface area (Å²) >= 11 is 0. The molecule has 0 radical (unpaired) electrons. The van der Waals surface area contributed by atoms with Gasteiger partial charge >= 0.3 is 0 Å². The van der Waals surface area contributed by atoms with E-state index in [0.717, 1.165) is 37.3 Å². The summed E-state index contributed by atoms with van der Waals surface area (Å²) in [6, 6.07) is 11.6. The molecule has 7 heteroatoms. The third kappa shape index (κ3) is 4.05. The molecule has 0 saturated carbocycles. The Kier molecular flexibility index (Phi) is 5.64. The van der Waals surface area contributed by atoms with E-state index in [4.69, 9.17) is 0 Å². The molecule has 2 N–H and O–H groups in total. The van der Waals surface area contributed by atoms with E-state index < -0.39 is 0 Å². The molecule has 1 aromatic carbocycles. The van der Waals surface area contributed by atoms with Crippen molar-refractivity contribution in [2.45, 2.75) is 18.9 Å². The average molecular weight is 379 g/mol. The van der Waals surface area contributed by atoms with Gasteiger partial charge in [0.15, 0.2) is 0 Å². The van der Waals surface area contributed by atoms with Crippen LogP contribution in [0.2, 0.25) is 0 Å². The van der Waals surface area contributed by atoms with Crippen molar-refractivity contribution in [3.8, 4) is 0 Å². The zero-order valence-electron chi connectivity index (χ0n) is 15.8. The van der Waals surface area contributed by atoms with Crippen LogP contribution in [-0.2, 0) is 9.59 Å². The summed E-state index contributed by atoms with van der Waals surface area (Å²) in [5.74, 6) is 0.0373. The molecule has 0 spiro atoms. The molecule has 4 rings (SSSR count). The Hall–Kier alpha value is -2.77. The van der Waals surface area contributed by atoms with E-state index in [1.807, 2.05) is 42.6 Å². The molecule has 2 fully saturated rings. The maximum Gasteiger partial charge on any atom is 0.238 e. The first-order valence-electron chi connectivity index (χ1n) is 9.76. The van der Waals surface area contributed by atoms with Crippen LogP contribution in [0.25, 0.3) is 0 Å². The summed E-state index contributed by atoms with van der Waals surface area (Å²) in [5.41, 5.74) is 2.57. The second-order valence-corrected chi connectivity index (χ2v) is 7.19. The highest BCUT2D eigenvalue weighted by Gasteiger charge is 2.27. The minimum absolute atomic E-state index is 0.0742. The number of amides is 2. The van der Waals surface area contributed by atoms with Gasteiger partial charge < -0.3 is 15.5 Å². The normalized spacial score (nSPS) is 20.4. The number of carbonyl (C=O) groups is 2. The van der Waals surface area contributed by atoms with Crippen molar-refractivity contribution in [1.82, 2.24) is 15.2 Å². The number of pyridine rings is 1. The Morgan fingerprint density at radius 1 is 1.21 bits per heavy atom. The monoisotopic (exact) mass is 379 g/mol. The topological polar surface area (TPSA) is 77.6 Å². The zero-order chi connectivity index (χ0) is 19.3. The zero-order valence-corrected chi connectivity index (χ0v) is 15.8. The molecule has 1 atom stereocenters. The van der Waals surface area contributed by atoms with Crippen LogP contribution < -0.4 is 15.5 Å². The van der Waals surface area contributed by atoms with Crippen molar-refractivity contribution < 1.29 is 9.59 Å². The molecular weight excluding hydrogens is 354 g/mol. The van der Waals surface area contributed by atoms with Crippen molar-refractivity contribution in [3.63, 3.8) is 0 Å². The fourth-order valence-electron chi connectivity index (χ4n) is 3.93. The predicted molar refractivity (Wildman–Crippen MR) is 108 cm³/mol. The fourth-order valence-corrected chi connectivity index (χ4v) is 3.93. The second-order valence-electron chi connectivity index (χ2n) is 7.19. The number of benzene rings is 1. The van der Waals surface area contributed by atoms with Crippen LogP contribution in [0.1, 0.15) is 24.4 Å². The molecule has 0 bridgehead atoms. The lowest BCUT2D eigenvalue weighted by molar-refractivity contribution is -0.118. The Morgan fingerprint density at radius 2 is 2.11 bits per heavy atom. The number of rotatable bonds is 5. The standard InChI is InChI=1S/C21H25N5O2/c27-20(15-25-12-10-23-14-19(25)16-5-3-9-22-13-16)24-17-6-1-2-7-18(17)26-11-4-8-21(26)28/h1-3,5-7,9,13,19,23H,4,8,10-12,14-15H2,(H,24,27). The van der Waals surface area contributed by atoms with Crippen LogP contribution in [0, 0.1) is 0 Å². The van der Waals surface area contributed by atoms with Gasteiger partial charge in [0.2, 0.25) is 11.8 Å². The molecule has 7 nitrogen and oxygen atoms in total. The number of nitrogens with one attached hydrogen (secondary N) is 2. The molecule has 2 aliphatic heterocycles. The van der Waals surface area contributed by atoms with Crippen LogP contribution in [-0.4, -0.2) is 54.4 Å². The fraction of sp³-hybridized carbons (Fsp3) is 0.381. The number of hydrogen-bond acceptors (Lipinski definition) is 5. The molecule has 2 aliphatic rings. The van der Waals surface area contributed by atoms with Crippen molar-refractivity contribution in [1.29, 1.82) is 0 Å². The van der Waals surface area contributed by atoms with Gasteiger partial charge in [-0.25, -0.2) is 0 Å². The highest BCUT2D eigenvalue weighted by Crippen LogP contribution is 2.29. The summed E-state index contributed by atoms with van der Waals surface area (Å²) in [6.07, 6.45) is 5.04. The molecule has 2 saturated heterocycles. The molecule has 146 valence electrons. The van der Waals surface area contributed by atoms with E-state index in [1.54, 1.807) is 11.1 Å². The smallest absolute Gasteiger partial charge is 0.238 e. The largest absolute Gasteiger partial charge is 0.323 e. The highest BCUT2D eigenvalue weighted by molar-refractivity contribution is 6.02. The van der Waals surface area contributed by atoms with E-state index in [9.17, 15) is 9.59 Å². The minimum atomic E-state index is -0.0742. The number of para-hydroxylation sites is 2. The van der Waals surface area contributed by atoms with Gasteiger partial charge in [0.1, 0.15) is 0 Å². The Bertz CT molecular complexity index is 842. The number of carbonyl (C=O) groups excluding carboxylic acids is 2. The van der Waals surface area contributed by atoms with Gasteiger partial charge in [-0.15, -0.1) is 0 Å². The summed E-state index contributed by atoms with van der Waals surface area (Å²) in [7, 11) is 0. The lowest BCUT2D eigenvalue weighted by atomic mass is 10.1. The molecule has 2 amide bonds. The highest BCUT2D eigenvalue weighted by atomic mass is 16.2. The lowest BCUT2D eigenvalue weighted by Gasteiger charge is -2.35. The summed E-state index contributed by atoms with van der Waals surface area (Å²) in [5, 5.41) is 6.41. The Balaban J connectivity index is 1.46. The number of aromatic nitrogens is 1. The minimum Gasteiger partial charge on any atom is -0.323 e. The van der Waals surface area contributed by atoms with E-state index in [1.165, 1.54) is 0 Å². The molecule has 3 heterocycles. The molecule has 1 unspecified atom stereocenters. The first-order valence-corrected chi connectivity index (χ1v) is 9.76. The van der Waals surface area contributed by atoms with Gasteiger partial charge in [0.05, 0.1) is 17.9 Å². The second kappa shape index (κ2) is 8.50. The third-order valence-electron chi connectivity index (χ3n) is 5.31. The molecule has 1 aromatic heterocycles. The van der Waals surface area contributed by atoms with Crippen molar-refractivity contribution in [2.75, 3.05) is 42.9 Å². The maximum absolute atomic E-state index is 12.8. The molecular formula is C21H25N5O2. The Labute approximate surface area is 164 Å². The first-order chi connectivity index (χ1) is 13.7. The van der Waals surface area contributed by atoms with Crippen LogP contribution in [0.15, 0.2) is 48.8 Å². The quantitative estimate of drug-likeness (QED) is 0.828. The van der Waals surface area contributed by atoms with Crippen molar-refractivity contribution >= 4 is 23.2 Å². The van der Waals surface area contributed by atoms with Crippen molar-refractivity contribution in [2.24, 2.45) is 0 Å². The van der Waals surface area contributed by atoms with E-state index >= 15 is 0 Å². The summed E-state index contributed by atoms with van der Waals surface area (Å²) in [6.45, 7) is 3.43. The summed E-state index contributed by atoms with van der Waals surface area (Å²) < 4.78 is 0. The SMILES string of the molecule is O=C(CN1CCNCC1c1cccnc1)Nc1ccccc1N1CCCC1=O. The number of anilines is 2. The van der Waals surface area contributed by atoms with Gasteiger partial charge in [0.25, 0.3) is 0 Å². The average Bonchev–Trinajstić information content (AvgIpc) is 3.15. The molecule has 0 aliphatic carbocycles. The Morgan fingerprint density at radius 3 is 2.89 bits per heavy atom. The predicted octanol–water partition coefficient (Wildman–Crippen LogP) is 1.79. The van der Waals surface area contributed by atoms with Crippen LogP contribution in [0.4, 0.5) is 11.4 Å². The molecule has 2 aromatic rings. The van der Waals surface area contributed by atoms with Crippen LogP contribution in [0.5, 0.6) is 0 Å². The number of hydrogen-bond donors (Lipinski definition) is 2. The van der Waals surface area contributed by atoms with E-state index in [-0.39, 0.29) is 17.9 Å².